The summed E-state index contributed by atoms with van der Waals surface area (Å²) < 4.78 is 5.85. The van der Waals surface area contributed by atoms with E-state index in [-0.39, 0.29) is 5.91 Å². The van der Waals surface area contributed by atoms with Gasteiger partial charge in [0.25, 0.3) is 0 Å². The molecule has 1 N–H and O–H groups in total. The molecule has 0 bridgehead atoms. The van der Waals surface area contributed by atoms with Gasteiger partial charge >= 0.3 is 0 Å². The number of amides is 1. The van der Waals surface area contributed by atoms with Gasteiger partial charge in [-0.1, -0.05) is 29.8 Å². The summed E-state index contributed by atoms with van der Waals surface area (Å²) in [4.78, 5) is 14.4. The van der Waals surface area contributed by atoms with Crippen LogP contribution in [0.1, 0.15) is 12.8 Å². The summed E-state index contributed by atoms with van der Waals surface area (Å²) in [5.74, 6) is 1.24. The maximum absolute atomic E-state index is 12.2. The first-order valence-corrected chi connectivity index (χ1v) is 8.13. The van der Waals surface area contributed by atoms with Crippen LogP contribution in [-0.2, 0) is 4.79 Å². The van der Waals surface area contributed by atoms with E-state index >= 15 is 0 Å². The van der Waals surface area contributed by atoms with Crippen LogP contribution in [0.5, 0.6) is 11.5 Å². The molecule has 1 fully saturated rings. The first-order chi connectivity index (χ1) is 11.2. The van der Waals surface area contributed by atoms with Gasteiger partial charge in [-0.25, -0.2) is 0 Å². The Kier molecular flexibility index (Phi) is 5.16. The van der Waals surface area contributed by atoms with Crippen molar-refractivity contribution < 1.29 is 9.53 Å². The quantitative estimate of drug-likeness (QED) is 0.894. The first-order valence-electron chi connectivity index (χ1n) is 7.75. The van der Waals surface area contributed by atoms with Gasteiger partial charge in [0, 0.05) is 5.02 Å². The van der Waals surface area contributed by atoms with Gasteiger partial charge < -0.3 is 10.1 Å². The largest absolute Gasteiger partial charge is 0.455 e. The van der Waals surface area contributed by atoms with Crippen LogP contribution in [0.4, 0.5) is 5.69 Å². The Morgan fingerprint density at radius 1 is 1.13 bits per heavy atom. The fraction of sp³-hybridized carbons (Fsp3) is 0.278. The third-order valence-electron chi connectivity index (χ3n) is 3.75. The van der Waals surface area contributed by atoms with Crippen LogP contribution in [0.3, 0.4) is 0 Å². The van der Waals surface area contributed by atoms with Crippen LogP contribution < -0.4 is 10.1 Å². The second-order valence-corrected chi connectivity index (χ2v) is 6.02. The number of hydrogen-bond acceptors (Lipinski definition) is 3. The minimum absolute atomic E-state index is 0.0490. The molecule has 0 aromatic heterocycles. The molecule has 0 saturated carbocycles. The monoisotopic (exact) mass is 330 g/mol. The number of nitrogens with zero attached hydrogens (tertiary/aromatic N) is 1. The molecule has 0 spiro atoms. The van der Waals surface area contributed by atoms with E-state index in [9.17, 15) is 4.79 Å². The molecule has 1 amide bonds. The smallest absolute Gasteiger partial charge is 0.238 e. The predicted molar refractivity (Wildman–Crippen MR) is 92.3 cm³/mol. The van der Waals surface area contributed by atoms with Crippen molar-refractivity contribution in [1.29, 1.82) is 0 Å². The number of anilines is 1. The van der Waals surface area contributed by atoms with Crippen LogP contribution in [0.25, 0.3) is 0 Å². The number of benzene rings is 2. The van der Waals surface area contributed by atoms with Gasteiger partial charge in [-0.05, 0) is 56.3 Å². The summed E-state index contributed by atoms with van der Waals surface area (Å²) in [7, 11) is 0. The van der Waals surface area contributed by atoms with E-state index in [4.69, 9.17) is 16.3 Å². The average molecular weight is 331 g/mol. The number of nitrogens with one attached hydrogen (secondary N) is 1. The zero-order chi connectivity index (χ0) is 16.1. The molecule has 5 heteroatoms. The number of likely N-dealkylation sites (tertiary alicyclic amines) is 1. The summed E-state index contributed by atoms with van der Waals surface area (Å²) in [6.07, 6.45) is 2.32. The third-order valence-corrected chi connectivity index (χ3v) is 3.99. The molecule has 0 radical (unpaired) electrons. The molecule has 4 nitrogen and oxygen atoms in total. The lowest BCUT2D eigenvalue weighted by molar-refractivity contribution is -0.117. The van der Waals surface area contributed by atoms with E-state index in [1.165, 1.54) is 0 Å². The van der Waals surface area contributed by atoms with Crippen molar-refractivity contribution in [3.8, 4) is 11.5 Å². The fourth-order valence-corrected chi connectivity index (χ4v) is 2.81. The predicted octanol–water partition coefficient (Wildman–Crippen LogP) is 4.17. The first kappa shape index (κ1) is 15.8. The third kappa shape index (κ3) is 4.47. The molecule has 0 atom stereocenters. The molecule has 3 rings (SSSR count). The van der Waals surface area contributed by atoms with E-state index < -0.39 is 0 Å². The summed E-state index contributed by atoms with van der Waals surface area (Å²) in [6, 6.07) is 14.7. The van der Waals surface area contributed by atoms with Gasteiger partial charge in [0.2, 0.25) is 5.91 Å². The molecular formula is C18H19ClN2O2. The van der Waals surface area contributed by atoms with Gasteiger partial charge in [-0.2, -0.15) is 0 Å². The molecule has 1 heterocycles. The van der Waals surface area contributed by atoms with Crippen LogP contribution in [0.15, 0.2) is 48.5 Å². The molecule has 1 aliphatic heterocycles. The topological polar surface area (TPSA) is 41.6 Å². The van der Waals surface area contributed by atoms with Crippen molar-refractivity contribution in [3.63, 3.8) is 0 Å². The van der Waals surface area contributed by atoms with Crippen molar-refractivity contribution in [3.05, 3.63) is 53.6 Å². The Balaban J connectivity index is 1.72. The summed E-state index contributed by atoms with van der Waals surface area (Å²) >= 11 is 6.06. The standard InChI is InChI=1S/C18H19ClN2O2/c19-14-8-9-17(23-15-6-2-1-3-7-15)16(12-14)20-18(22)13-21-10-4-5-11-21/h1-3,6-9,12H,4-5,10-11,13H2,(H,20,22). The minimum atomic E-state index is -0.0490. The molecule has 120 valence electrons. The van der Waals surface area contributed by atoms with Crippen molar-refractivity contribution >= 4 is 23.2 Å². The van der Waals surface area contributed by atoms with Crippen molar-refractivity contribution in [2.75, 3.05) is 25.0 Å². The van der Waals surface area contributed by atoms with E-state index in [1.54, 1.807) is 18.2 Å². The summed E-state index contributed by atoms with van der Waals surface area (Å²) in [5, 5.41) is 3.47. The molecule has 23 heavy (non-hydrogen) atoms. The van der Waals surface area contributed by atoms with Crippen molar-refractivity contribution in [2.24, 2.45) is 0 Å². The lowest BCUT2D eigenvalue weighted by Gasteiger charge is -2.16. The Bertz CT molecular complexity index is 670. The highest BCUT2D eigenvalue weighted by Gasteiger charge is 2.16. The lowest BCUT2D eigenvalue weighted by Crippen LogP contribution is -2.30. The van der Waals surface area contributed by atoms with Gasteiger partial charge in [0.05, 0.1) is 12.2 Å². The van der Waals surface area contributed by atoms with Crippen LogP contribution in [0, 0.1) is 0 Å². The zero-order valence-electron chi connectivity index (χ0n) is 12.8. The summed E-state index contributed by atoms with van der Waals surface area (Å²) in [6.45, 7) is 2.37. The normalized spacial score (nSPS) is 14.7. The molecule has 1 saturated heterocycles. The molecule has 0 unspecified atom stereocenters. The maximum Gasteiger partial charge on any atom is 0.238 e. The second kappa shape index (κ2) is 7.49. The molecule has 2 aromatic carbocycles. The Hall–Kier alpha value is -2.04. The van der Waals surface area contributed by atoms with Crippen molar-refractivity contribution in [1.82, 2.24) is 4.90 Å². The lowest BCUT2D eigenvalue weighted by atomic mass is 10.2. The zero-order valence-corrected chi connectivity index (χ0v) is 13.6. The van der Waals surface area contributed by atoms with Gasteiger partial charge in [-0.3, -0.25) is 9.69 Å². The van der Waals surface area contributed by atoms with E-state index in [0.717, 1.165) is 25.9 Å². The van der Waals surface area contributed by atoms with E-state index in [2.05, 4.69) is 10.2 Å². The van der Waals surface area contributed by atoms with Gasteiger partial charge in [0.15, 0.2) is 5.75 Å². The number of rotatable bonds is 5. The molecule has 1 aliphatic rings. The average Bonchev–Trinajstić information content (AvgIpc) is 3.04. The summed E-state index contributed by atoms with van der Waals surface area (Å²) in [5.41, 5.74) is 0.588. The van der Waals surface area contributed by atoms with Crippen LogP contribution in [-0.4, -0.2) is 30.4 Å². The van der Waals surface area contributed by atoms with E-state index in [1.807, 2.05) is 30.3 Å². The van der Waals surface area contributed by atoms with Crippen LogP contribution >= 0.6 is 11.6 Å². The number of carbonyl (C=O) groups excluding carboxylic acids is 1. The Morgan fingerprint density at radius 2 is 1.87 bits per heavy atom. The molecular weight excluding hydrogens is 312 g/mol. The highest BCUT2D eigenvalue weighted by atomic mass is 35.5. The fourth-order valence-electron chi connectivity index (χ4n) is 2.64. The highest BCUT2D eigenvalue weighted by Crippen LogP contribution is 2.32. The Morgan fingerprint density at radius 3 is 2.61 bits per heavy atom. The van der Waals surface area contributed by atoms with Crippen molar-refractivity contribution in [2.45, 2.75) is 12.8 Å². The number of para-hydroxylation sites is 1. The maximum atomic E-state index is 12.2. The van der Waals surface area contributed by atoms with Crippen LogP contribution in [0.2, 0.25) is 5.02 Å². The number of halogens is 1. The van der Waals surface area contributed by atoms with Gasteiger partial charge in [-0.15, -0.1) is 0 Å². The minimum Gasteiger partial charge on any atom is -0.455 e. The number of carbonyl (C=O) groups is 1. The number of hydrogen-bond donors (Lipinski definition) is 1. The van der Waals surface area contributed by atoms with E-state index in [0.29, 0.717) is 28.8 Å². The number of ether oxygens (including phenoxy) is 1. The highest BCUT2D eigenvalue weighted by molar-refractivity contribution is 6.31. The molecule has 2 aromatic rings. The Labute approximate surface area is 141 Å². The molecule has 0 aliphatic carbocycles. The van der Waals surface area contributed by atoms with Gasteiger partial charge in [0.1, 0.15) is 5.75 Å². The SMILES string of the molecule is O=C(CN1CCCC1)Nc1cc(Cl)ccc1Oc1ccccc1. The second-order valence-electron chi connectivity index (χ2n) is 5.59.